The molecule has 2 aromatic carbocycles. The molecule has 7 nitrogen and oxygen atoms in total. The first-order chi connectivity index (χ1) is 13.6. The Kier molecular flexibility index (Phi) is 4.76. The van der Waals surface area contributed by atoms with Crippen LogP contribution in [0.3, 0.4) is 0 Å². The van der Waals surface area contributed by atoms with E-state index in [1.807, 2.05) is 35.0 Å². The molecule has 0 aliphatic carbocycles. The molecule has 28 heavy (non-hydrogen) atoms. The summed E-state index contributed by atoms with van der Waals surface area (Å²) in [6.45, 7) is 0.137. The average Bonchev–Trinajstić information content (AvgIpc) is 3.30. The van der Waals surface area contributed by atoms with Gasteiger partial charge in [-0.25, -0.2) is 4.39 Å². The van der Waals surface area contributed by atoms with Crippen LogP contribution in [0.25, 0.3) is 10.9 Å². The zero-order valence-electron chi connectivity index (χ0n) is 15.1. The number of H-pyrrole nitrogens is 1. The fourth-order valence-electron chi connectivity index (χ4n) is 2.99. The van der Waals surface area contributed by atoms with Gasteiger partial charge in [0.05, 0.1) is 7.11 Å². The predicted molar refractivity (Wildman–Crippen MR) is 103 cm³/mol. The summed E-state index contributed by atoms with van der Waals surface area (Å²) in [5.74, 6) is 1.04. The van der Waals surface area contributed by atoms with Crippen LogP contribution in [0, 0.1) is 5.82 Å². The van der Waals surface area contributed by atoms with Gasteiger partial charge in [0.25, 0.3) is 0 Å². The van der Waals surface area contributed by atoms with Crippen LogP contribution in [0.5, 0.6) is 5.75 Å². The van der Waals surface area contributed by atoms with Crippen molar-refractivity contribution in [1.82, 2.24) is 19.7 Å². The van der Waals surface area contributed by atoms with E-state index in [0.29, 0.717) is 12.2 Å². The Balaban J connectivity index is 1.40. The molecular formula is C20H18FN5O2. The van der Waals surface area contributed by atoms with E-state index in [-0.39, 0.29) is 24.2 Å². The van der Waals surface area contributed by atoms with Gasteiger partial charge in [0.2, 0.25) is 11.9 Å². The first kappa shape index (κ1) is 17.7. The second-order valence-electron chi connectivity index (χ2n) is 6.33. The molecule has 0 fully saturated rings. The zero-order chi connectivity index (χ0) is 19.5. The molecule has 2 aromatic heterocycles. The van der Waals surface area contributed by atoms with E-state index in [1.165, 1.54) is 12.1 Å². The van der Waals surface area contributed by atoms with Crippen LogP contribution in [-0.2, 0) is 17.8 Å². The summed E-state index contributed by atoms with van der Waals surface area (Å²) in [7, 11) is 1.62. The molecule has 8 heteroatoms. The largest absolute Gasteiger partial charge is 0.497 e. The number of rotatable bonds is 6. The fourth-order valence-corrected chi connectivity index (χ4v) is 2.99. The van der Waals surface area contributed by atoms with Crippen molar-refractivity contribution in [1.29, 1.82) is 0 Å². The number of halogens is 1. The highest BCUT2D eigenvalue weighted by Crippen LogP contribution is 2.21. The lowest BCUT2D eigenvalue weighted by Gasteiger charge is -2.05. The Bertz CT molecular complexity index is 1120. The van der Waals surface area contributed by atoms with Gasteiger partial charge in [-0.3, -0.25) is 15.2 Å². The van der Waals surface area contributed by atoms with Gasteiger partial charge >= 0.3 is 0 Å². The monoisotopic (exact) mass is 379 g/mol. The molecule has 0 atom stereocenters. The third kappa shape index (κ3) is 3.85. The SMILES string of the molecule is COc1ccc2c(ccn2CC(=O)Nc2n[nH]c(Cc3ccc(F)cc3)n2)c1. The van der Waals surface area contributed by atoms with Crippen molar-refractivity contribution < 1.29 is 13.9 Å². The number of benzene rings is 2. The highest BCUT2D eigenvalue weighted by atomic mass is 19.1. The number of nitrogens with zero attached hydrogens (tertiary/aromatic N) is 3. The highest BCUT2D eigenvalue weighted by molar-refractivity contribution is 5.90. The van der Waals surface area contributed by atoms with Crippen molar-refractivity contribution in [3.8, 4) is 5.75 Å². The minimum Gasteiger partial charge on any atom is -0.497 e. The van der Waals surface area contributed by atoms with Crippen LogP contribution in [0.2, 0.25) is 0 Å². The molecule has 0 aliphatic rings. The van der Waals surface area contributed by atoms with Crippen molar-refractivity contribution in [3.63, 3.8) is 0 Å². The second kappa shape index (κ2) is 7.51. The van der Waals surface area contributed by atoms with Gasteiger partial charge in [-0.05, 0) is 42.0 Å². The fraction of sp³-hybridized carbons (Fsp3) is 0.150. The summed E-state index contributed by atoms with van der Waals surface area (Å²) < 4.78 is 20.0. The van der Waals surface area contributed by atoms with Gasteiger partial charge in [0, 0.05) is 23.5 Å². The van der Waals surface area contributed by atoms with Gasteiger partial charge < -0.3 is 9.30 Å². The van der Waals surface area contributed by atoms with Gasteiger partial charge in [-0.2, -0.15) is 4.98 Å². The minimum atomic E-state index is -0.287. The first-order valence-corrected chi connectivity index (χ1v) is 8.69. The maximum atomic E-state index is 13.0. The Hall–Kier alpha value is -3.68. The van der Waals surface area contributed by atoms with Crippen molar-refractivity contribution in [3.05, 3.63) is 71.9 Å². The molecule has 2 N–H and O–H groups in total. The van der Waals surface area contributed by atoms with Crippen molar-refractivity contribution >= 4 is 22.8 Å². The van der Waals surface area contributed by atoms with Crippen LogP contribution in [0.4, 0.5) is 10.3 Å². The normalized spacial score (nSPS) is 10.9. The van der Waals surface area contributed by atoms with Gasteiger partial charge in [0.15, 0.2) is 0 Å². The maximum Gasteiger partial charge on any atom is 0.248 e. The number of fused-ring (bicyclic) bond motifs is 1. The summed E-state index contributed by atoms with van der Waals surface area (Å²) in [5.41, 5.74) is 1.83. The van der Waals surface area contributed by atoms with Crippen molar-refractivity contribution in [2.75, 3.05) is 12.4 Å². The van der Waals surface area contributed by atoms with E-state index in [1.54, 1.807) is 19.2 Å². The van der Waals surface area contributed by atoms with Crippen LogP contribution in [0.1, 0.15) is 11.4 Å². The number of aromatic amines is 1. The molecule has 2 heterocycles. The molecular weight excluding hydrogens is 361 g/mol. The number of methoxy groups -OCH3 is 1. The maximum absolute atomic E-state index is 13.0. The smallest absolute Gasteiger partial charge is 0.248 e. The quantitative estimate of drug-likeness (QED) is 0.539. The predicted octanol–water partition coefficient (Wildman–Crippen LogP) is 3.14. The van der Waals surface area contributed by atoms with Crippen molar-refractivity contribution in [2.24, 2.45) is 0 Å². The molecule has 0 saturated carbocycles. The van der Waals surface area contributed by atoms with Crippen LogP contribution < -0.4 is 10.1 Å². The molecule has 142 valence electrons. The third-order valence-electron chi connectivity index (χ3n) is 4.36. The molecule has 4 aromatic rings. The number of anilines is 1. The Labute approximate surface area is 160 Å². The van der Waals surface area contributed by atoms with E-state index in [2.05, 4.69) is 20.5 Å². The second-order valence-corrected chi connectivity index (χ2v) is 6.33. The summed E-state index contributed by atoms with van der Waals surface area (Å²) in [4.78, 5) is 16.6. The number of aromatic nitrogens is 4. The molecule has 0 aliphatic heterocycles. The number of hydrogen-bond acceptors (Lipinski definition) is 4. The number of carbonyl (C=O) groups excluding carboxylic acids is 1. The lowest BCUT2D eigenvalue weighted by Crippen LogP contribution is -2.19. The van der Waals surface area contributed by atoms with Crippen LogP contribution >= 0.6 is 0 Å². The molecule has 0 bridgehead atoms. The lowest BCUT2D eigenvalue weighted by molar-refractivity contribution is -0.116. The molecule has 0 radical (unpaired) electrons. The van der Waals surface area contributed by atoms with Gasteiger partial charge in [0.1, 0.15) is 23.9 Å². The van der Waals surface area contributed by atoms with E-state index < -0.39 is 0 Å². The molecule has 0 spiro atoms. The van der Waals surface area contributed by atoms with Crippen LogP contribution in [0.15, 0.2) is 54.7 Å². The Morgan fingerprint density at radius 1 is 1.21 bits per heavy atom. The summed E-state index contributed by atoms with van der Waals surface area (Å²) in [6.07, 6.45) is 2.31. The summed E-state index contributed by atoms with van der Waals surface area (Å²) >= 11 is 0. The topological polar surface area (TPSA) is 84.8 Å². The van der Waals surface area contributed by atoms with Gasteiger partial charge in [-0.15, -0.1) is 5.10 Å². The Morgan fingerprint density at radius 2 is 2.04 bits per heavy atom. The van der Waals surface area contributed by atoms with Crippen LogP contribution in [-0.4, -0.2) is 32.8 Å². The summed E-state index contributed by atoms with van der Waals surface area (Å²) in [6, 6.07) is 13.8. The standard InChI is InChI=1S/C20H18FN5O2/c1-28-16-6-7-17-14(11-16)8-9-26(17)12-19(27)23-20-22-18(24-25-20)10-13-2-4-15(21)5-3-13/h2-9,11H,10,12H2,1H3,(H2,22,23,24,25,27). The molecule has 1 amide bonds. The molecule has 0 unspecified atom stereocenters. The van der Waals surface area contributed by atoms with E-state index in [9.17, 15) is 9.18 Å². The first-order valence-electron chi connectivity index (χ1n) is 8.69. The van der Waals surface area contributed by atoms with E-state index in [4.69, 9.17) is 4.74 Å². The number of hydrogen-bond donors (Lipinski definition) is 2. The number of ether oxygens (including phenoxy) is 1. The molecule has 4 rings (SSSR count). The van der Waals surface area contributed by atoms with E-state index in [0.717, 1.165) is 22.2 Å². The third-order valence-corrected chi connectivity index (χ3v) is 4.36. The number of carbonyl (C=O) groups is 1. The zero-order valence-corrected chi connectivity index (χ0v) is 15.1. The molecule has 0 saturated heterocycles. The Morgan fingerprint density at radius 3 is 2.82 bits per heavy atom. The van der Waals surface area contributed by atoms with Crippen molar-refractivity contribution in [2.45, 2.75) is 13.0 Å². The highest BCUT2D eigenvalue weighted by Gasteiger charge is 2.11. The van der Waals surface area contributed by atoms with E-state index >= 15 is 0 Å². The minimum absolute atomic E-state index is 0.137. The number of nitrogens with one attached hydrogen (secondary N) is 2. The summed E-state index contributed by atoms with van der Waals surface area (Å²) in [5, 5.41) is 10.5. The number of amides is 1. The lowest BCUT2D eigenvalue weighted by atomic mass is 10.1. The van der Waals surface area contributed by atoms with Gasteiger partial charge in [-0.1, -0.05) is 12.1 Å². The average molecular weight is 379 g/mol.